The highest BCUT2D eigenvalue weighted by atomic mass is 16.6. The second kappa shape index (κ2) is 6.55. The Morgan fingerprint density at radius 1 is 1.24 bits per heavy atom. The molecule has 0 saturated carbocycles. The monoisotopic (exact) mass is 295 g/mol. The summed E-state index contributed by atoms with van der Waals surface area (Å²) in [4.78, 5) is 24.1. The van der Waals surface area contributed by atoms with Crippen LogP contribution >= 0.6 is 0 Å². The zero-order valence-electron chi connectivity index (χ0n) is 11.3. The molecule has 1 aliphatic rings. The average molecular weight is 295 g/mol. The van der Waals surface area contributed by atoms with Gasteiger partial charge in [-0.25, -0.2) is 9.59 Å². The summed E-state index contributed by atoms with van der Waals surface area (Å²) in [5.41, 5.74) is 0.773. The molecule has 0 aromatic heterocycles. The molecule has 0 spiro atoms. The van der Waals surface area contributed by atoms with Crippen LogP contribution in [0, 0.1) is 0 Å². The first-order valence-electron chi connectivity index (χ1n) is 6.57. The fraction of sp³-hybridized carbons (Fsp3) is 0.429. The molecule has 7 heteroatoms. The molecule has 21 heavy (non-hydrogen) atoms. The van der Waals surface area contributed by atoms with Crippen molar-refractivity contribution in [2.24, 2.45) is 0 Å². The smallest absolute Gasteiger partial charge is 0.410 e. The largest absolute Gasteiger partial charge is 0.480 e. The maximum Gasteiger partial charge on any atom is 0.410 e. The highest BCUT2D eigenvalue weighted by Gasteiger charge is 2.43. The highest BCUT2D eigenvalue weighted by molar-refractivity contribution is 5.81. The van der Waals surface area contributed by atoms with Crippen molar-refractivity contribution in [3.63, 3.8) is 0 Å². The minimum absolute atomic E-state index is 0.0150. The Morgan fingerprint density at radius 3 is 2.52 bits per heavy atom. The van der Waals surface area contributed by atoms with Crippen LogP contribution in [0.25, 0.3) is 0 Å². The molecule has 1 saturated heterocycles. The molecule has 1 aliphatic heterocycles. The van der Waals surface area contributed by atoms with E-state index in [4.69, 9.17) is 9.84 Å². The molecule has 0 radical (unpaired) electrons. The van der Waals surface area contributed by atoms with Gasteiger partial charge >= 0.3 is 12.1 Å². The van der Waals surface area contributed by atoms with E-state index in [1.165, 1.54) is 0 Å². The molecule has 0 bridgehead atoms. The summed E-state index contributed by atoms with van der Waals surface area (Å²) in [6, 6.07) is 7.47. The predicted octanol–water partition coefficient (Wildman–Crippen LogP) is 0.204. The molecule has 1 fully saturated rings. The summed E-state index contributed by atoms with van der Waals surface area (Å²) in [5, 5.41) is 28.4. The Kier molecular flexibility index (Phi) is 4.77. The first-order chi connectivity index (χ1) is 10.0. The SMILES string of the molecule is O=C(O)[C@@H]1[C@H](O)[C@H](O)CCN1C(=O)OCc1ccccc1. The zero-order valence-corrected chi connectivity index (χ0v) is 11.3. The van der Waals surface area contributed by atoms with Crippen molar-refractivity contribution in [3.05, 3.63) is 35.9 Å². The van der Waals surface area contributed by atoms with Crippen LogP contribution in [0.1, 0.15) is 12.0 Å². The van der Waals surface area contributed by atoms with Crippen molar-refractivity contribution in [1.29, 1.82) is 0 Å². The molecule has 3 atom stereocenters. The lowest BCUT2D eigenvalue weighted by Gasteiger charge is -2.38. The summed E-state index contributed by atoms with van der Waals surface area (Å²) in [6.45, 7) is 0.0317. The van der Waals surface area contributed by atoms with Crippen LogP contribution in [0.2, 0.25) is 0 Å². The number of rotatable bonds is 3. The Bertz CT molecular complexity index is 505. The average Bonchev–Trinajstić information content (AvgIpc) is 2.48. The highest BCUT2D eigenvalue weighted by Crippen LogP contribution is 2.20. The third-order valence-electron chi connectivity index (χ3n) is 3.41. The molecule has 2 rings (SSSR count). The standard InChI is InChI=1S/C14H17NO6/c16-10-6-7-15(11(12(10)17)13(18)19)14(20)21-8-9-4-2-1-3-5-9/h1-5,10-12,16-17H,6-8H2,(H,18,19)/t10-,11+,12-/m1/s1. The van der Waals surface area contributed by atoms with Gasteiger partial charge in [-0.15, -0.1) is 0 Å². The lowest BCUT2D eigenvalue weighted by Crippen LogP contribution is -2.60. The number of carbonyl (C=O) groups excluding carboxylic acids is 1. The van der Waals surface area contributed by atoms with E-state index in [9.17, 15) is 19.8 Å². The number of carbonyl (C=O) groups is 2. The number of amides is 1. The van der Waals surface area contributed by atoms with Gasteiger partial charge in [-0.3, -0.25) is 4.90 Å². The van der Waals surface area contributed by atoms with E-state index >= 15 is 0 Å². The van der Waals surface area contributed by atoms with Gasteiger partial charge in [0.05, 0.1) is 6.10 Å². The summed E-state index contributed by atoms with van der Waals surface area (Å²) in [5.74, 6) is -1.38. The molecular weight excluding hydrogens is 278 g/mol. The van der Waals surface area contributed by atoms with E-state index in [-0.39, 0.29) is 19.6 Å². The van der Waals surface area contributed by atoms with Crippen molar-refractivity contribution >= 4 is 12.1 Å². The van der Waals surface area contributed by atoms with Crippen molar-refractivity contribution < 1.29 is 29.6 Å². The van der Waals surface area contributed by atoms with Crippen molar-refractivity contribution in [2.45, 2.75) is 31.3 Å². The first-order valence-corrected chi connectivity index (χ1v) is 6.57. The Hall–Kier alpha value is -2.12. The van der Waals surface area contributed by atoms with E-state index in [2.05, 4.69) is 0 Å². The van der Waals surface area contributed by atoms with Crippen LogP contribution in [-0.2, 0) is 16.1 Å². The molecule has 1 aromatic carbocycles. The molecule has 7 nitrogen and oxygen atoms in total. The van der Waals surface area contributed by atoms with E-state index in [1.54, 1.807) is 24.3 Å². The number of aliphatic hydroxyl groups is 2. The summed E-state index contributed by atoms with van der Waals surface area (Å²) >= 11 is 0. The van der Waals surface area contributed by atoms with Crippen LogP contribution in [0.3, 0.4) is 0 Å². The van der Waals surface area contributed by atoms with Gasteiger partial charge in [0.2, 0.25) is 0 Å². The van der Waals surface area contributed by atoms with Gasteiger partial charge in [-0.2, -0.15) is 0 Å². The van der Waals surface area contributed by atoms with E-state index in [0.29, 0.717) is 0 Å². The van der Waals surface area contributed by atoms with Gasteiger partial charge in [-0.1, -0.05) is 30.3 Å². The predicted molar refractivity (Wildman–Crippen MR) is 71.4 cm³/mol. The van der Waals surface area contributed by atoms with E-state index in [1.807, 2.05) is 6.07 Å². The van der Waals surface area contributed by atoms with Crippen LogP contribution in [0.15, 0.2) is 30.3 Å². The molecule has 0 unspecified atom stereocenters. The quantitative estimate of drug-likeness (QED) is 0.735. The number of carboxylic acid groups (broad SMARTS) is 1. The molecule has 1 amide bonds. The van der Waals surface area contributed by atoms with Gasteiger partial charge in [0.1, 0.15) is 12.7 Å². The maximum atomic E-state index is 12.0. The number of benzene rings is 1. The number of aliphatic hydroxyl groups excluding tert-OH is 2. The Balaban J connectivity index is 2.01. The van der Waals surface area contributed by atoms with Crippen molar-refractivity contribution in [1.82, 2.24) is 4.90 Å². The van der Waals surface area contributed by atoms with Gasteiger partial charge in [0.25, 0.3) is 0 Å². The Morgan fingerprint density at radius 2 is 1.90 bits per heavy atom. The minimum Gasteiger partial charge on any atom is -0.480 e. The van der Waals surface area contributed by atoms with Crippen molar-refractivity contribution in [2.75, 3.05) is 6.54 Å². The number of piperidine rings is 1. The first kappa shape index (κ1) is 15.3. The second-order valence-electron chi connectivity index (χ2n) is 4.86. The van der Waals surface area contributed by atoms with Gasteiger partial charge in [0, 0.05) is 6.54 Å². The minimum atomic E-state index is -1.53. The van der Waals surface area contributed by atoms with E-state index in [0.717, 1.165) is 10.5 Å². The van der Waals surface area contributed by atoms with E-state index < -0.39 is 30.3 Å². The van der Waals surface area contributed by atoms with Crippen LogP contribution in [-0.4, -0.2) is 57.1 Å². The van der Waals surface area contributed by atoms with Crippen LogP contribution < -0.4 is 0 Å². The number of likely N-dealkylation sites (tertiary alicyclic amines) is 1. The summed E-state index contributed by atoms with van der Waals surface area (Å²) in [7, 11) is 0. The topological polar surface area (TPSA) is 107 Å². The summed E-state index contributed by atoms with van der Waals surface area (Å²) in [6.07, 6.45) is -3.41. The fourth-order valence-electron chi connectivity index (χ4n) is 2.26. The molecule has 1 heterocycles. The number of hydrogen-bond acceptors (Lipinski definition) is 5. The molecule has 3 N–H and O–H groups in total. The molecular formula is C14H17NO6. The number of hydrogen-bond donors (Lipinski definition) is 3. The van der Waals surface area contributed by atoms with Gasteiger partial charge in [0.15, 0.2) is 6.04 Å². The Labute approximate surface area is 121 Å². The van der Waals surface area contributed by atoms with Gasteiger partial charge < -0.3 is 20.1 Å². The normalized spacial score (nSPS) is 25.4. The molecule has 1 aromatic rings. The summed E-state index contributed by atoms with van der Waals surface area (Å²) < 4.78 is 5.06. The lowest BCUT2D eigenvalue weighted by atomic mass is 9.96. The molecule has 114 valence electrons. The third-order valence-corrected chi connectivity index (χ3v) is 3.41. The van der Waals surface area contributed by atoms with Crippen LogP contribution in [0.4, 0.5) is 4.79 Å². The number of carboxylic acids is 1. The molecule has 0 aliphatic carbocycles. The van der Waals surface area contributed by atoms with Crippen LogP contribution in [0.5, 0.6) is 0 Å². The third kappa shape index (κ3) is 3.50. The fourth-order valence-corrected chi connectivity index (χ4v) is 2.26. The lowest BCUT2D eigenvalue weighted by molar-refractivity contribution is -0.155. The maximum absolute atomic E-state index is 12.0. The van der Waals surface area contributed by atoms with Crippen molar-refractivity contribution in [3.8, 4) is 0 Å². The number of nitrogens with zero attached hydrogens (tertiary/aromatic N) is 1. The zero-order chi connectivity index (χ0) is 15.4. The second-order valence-corrected chi connectivity index (χ2v) is 4.86. The number of aliphatic carboxylic acids is 1. The van der Waals surface area contributed by atoms with Gasteiger partial charge in [-0.05, 0) is 12.0 Å². The number of ether oxygens (including phenoxy) is 1.